The molecule has 2 rings (SSSR count). The van der Waals surface area contributed by atoms with Gasteiger partial charge in [-0.25, -0.2) is 0 Å². The second-order valence-corrected chi connectivity index (χ2v) is 8.61. The lowest BCUT2D eigenvalue weighted by Crippen LogP contribution is -2.02. The Morgan fingerprint density at radius 3 is 2.08 bits per heavy atom. The van der Waals surface area contributed by atoms with Gasteiger partial charge in [-0.15, -0.1) is 0 Å². The van der Waals surface area contributed by atoms with E-state index in [1.165, 1.54) is 0 Å². The van der Waals surface area contributed by atoms with Crippen LogP contribution in [0.2, 0.25) is 30.1 Å². The van der Waals surface area contributed by atoms with Gasteiger partial charge in [-0.3, -0.25) is 0 Å². The zero-order chi connectivity index (χ0) is 19.3. The van der Waals surface area contributed by atoms with Gasteiger partial charge >= 0.3 is 0 Å². The smallest absolute Gasteiger partial charge is 0.0641 e. The van der Waals surface area contributed by atoms with Gasteiger partial charge in [-0.2, -0.15) is 0 Å². The van der Waals surface area contributed by atoms with Crippen molar-refractivity contribution in [3.8, 4) is 0 Å². The van der Waals surface area contributed by atoms with Crippen molar-refractivity contribution in [3.63, 3.8) is 0 Å². The molecule has 0 amide bonds. The van der Waals surface area contributed by atoms with Gasteiger partial charge in [0.05, 0.1) is 20.1 Å². The Kier molecular flexibility index (Phi) is 9.20. The molecule has 0 N–H and O–H groups in total. The number of halogens is 6. The largest absolute Gasteiger partial charge is 0.0840 e. The average molecular weight is 472 g/mol. The van der Waals surface area contributed by atoms with Crippen LogP contribution in [0, 0.1) is 6.92 Å². The summed E-state index contributed by atoms with van der Waals surface area (Å²) in [6.45, 7) is 3.97. The zero-order valence-electron chi connectivity index (χ0n) is 14.1. The Bertz CT molecular complexity index is 756. The molecule has 0 heterocycles. The normalized spacial score (nSPS) is 12.4. The Morgan fingerprint density at radius 1 is 0.731 bits per heavy atom. The van der Waals surface area contributed by atoms with Crippen molar-refractivity contribution in [1.82, 2.24) is 0 Å². The molecular formula is C20H19Cl6. The monoisotopic (exact) mass is 469 g/mol. The molecule has 0 fully saturated rings. The molecule has 26 heavy (non-hydrogen) atoms. The molecular weight excluding hydrogens is 453 g/mol. The van der Waals surface area contributed by atoms with Gasteiger partial charge in [0.1, 0.15) is 0 Å². The van der Waals surface area contributed by atoms with Crippen LogP contribution in [0.15, 0.2) is 24.3 Å². The maximum Gasteiger partial charge on any atom is 0.0641 e. The van der Waals surface area contributed by atoms with E-state index in [9.17, 15) is 0 Å². The molecule has 0 aliphatic heterocycles. The van der Waals surface area contributed by atoms with E-state index in [4.69, 9.17) is 69.6 Å². The third-order valence-corrected chi connectivity index (χ3v) is 6.60. The summed E-state index contributed by atoms with van der Waals surface area (Å²) in [6, 6.07) is 7.06. The van der Waals surface area contributed by atoms with Gasteiger partial charge in [0.25, 0.3) is 0 Å². The molecule has 2 aromatic rings. The van der Waals surface area contributed by atoms with E-state index in [2.05, 4.69) is 6.92 Å². The molecule has 0 nitrogen and oxygen atoms in total. The van der Waals surface area contributed by atoms with Crippen molar-refractivity contribution in [3.05, 3.63) is 72.5 Å². The molecule has 141 valence electrons. The summed E-state index contributed by atoms with van der Waals surface area (Å²) in [7, 11) is 0. The van der Waals surface area contributed by atoms with Crippen LogP contribution in [0.5, 0.6) is 0 Å². The number of aryl methyl sites for hydroxylation is 1. The number of unbranched alkanes of at least 4 members (excludes halogenated alkanes) is 1. The fourth-order valence-electron chi connectivity index (χ4n) is 3.06. The highest BCUT2D eigenvalue weighted by molar-refractivity contribution is 6.44. The van der Waals surface area contributed by atoms with E-state index in [0.717, 1.165) is 49.7 Å². The summed E-state index contributed by atoms with van der Waals surface area (Å²) in [6.07, 6.45) is 5.48. The molecule has 1 radical (unpaired) electrons. The van der Waals surface area contributed by atoms with Gasteiger partial charge < -0.3 is 0 Å². The number of hydrogen-bond acceptors (Lipinski definition) is 0. The molecule has 0 aliphatic rings. The van der Waals surface area contributed by atoms with Gasteiger partial charge in [0, 0.05) is 10.0 Å². The summed E-state index contributed by atoms with van der Waals surface area (Å²) >= 11 is 37.3. The van der Waals surface area contributed by atoms with Crippen LogP contribution in [-0.4, -0.2) is 0 Å². The summed E-state index contributed by atoms with van der Waals surface area (Å²) in [4.78, 5) is 0. The van der Waals surface area contributed by atoms with Crippen molar-refractivity contribution in [2.75, 3.05) is 0 Å². The number of benzene rings is 2. The molecule has 0 aromatic heterocycles. The van der Waals surface area contributed by atoms with Crippen molar-refractivity contribution in [1.29, 1.82) is 0 Å². The van der Waals surface area contributed by atoms with Crippen LogP contribution in [-0.2, 0) is 6.42 Å². The van der Waals surface area contributed by atoms with E-state index in [1.54, 1.807) is 18.2 Å². The van der Waals surface area contributed by atoms with Crippen molar-refractivity contribution in [2.45, 2.75) is 44.4 Å². The lowest BCUT2D eigenvalue weighted by molar-refractivity contribution is 0.541. The highest BCUT2D eigenvalue weighted by Gasteiger charge is 2.19. The van der Waals surface area contributed by atoms with Crippen LogP contribution < -0.4 is 0 Å². The highest BCUT2D eigenvalue weighted by atomic mass is 35.5. The fraction of sp³-hybridized carbons (Fsp3) is 0.350. The fourth-order valence-corrected chi connectivity index (χ4v) is 4.57. The third kappa shape index (κ3) is 5.84. The van der Waals surface area contributed by atoms with Crippen LogP contribution in [0.25, 0.3) is 0 Å². The van der Waals surface area contributed by atoms with Crippen molar-refractivity contribution in [2.24, 2.45) is 0 Å². The molecule has 0 saturated carbocycles. The highest BCUT2D eigenvalue weighted by Crippen LogP contribution is 2.40. The standard InChI is InChI=1S/C20H19Cl6/c1-2-5-12(19-14(21)8-9-15(22)20(19)26)6-3-4-7-13-10-17(24)18(25)11-16(13)23/h8-12H,1-7H2. The van der Waals surface area contributed by atoms with E-state index >= 15 is 0 Å². The van der Waals surface area contributed by atoms with Crippen LogP contribution in [0.3, 0.4) is 0 Å². The Hall–Kier alpha value is 0.180. The predicted octanol–water partition coefficient (Wildman–Crippen LogP) is 9.72. The average Bonchev–Trinajstić information content (AvgIpc) is 2.59. The molecule has 0 spiro atoms. The van der Waals surface area contributed by atoms with Crippen molar-refractivity contribution >= 4 is 69.6 Å². The minimum atomic E-state index is 0.232. The zero-order valence-corrected chi connectivity index (χ0v) is 18.6. The Labute approximate surface area is 185 Å². The second kappa shape index (κ2) is 10.6. The predicted molar refractivity (Wildman–Crippen MR) is 118 cm³/mol. The number of hydrogen-bond donors (Lipinski definition) is 0. The van der Waals surface area contributed by atoms with E-state index in [0.29, 0.717) is 30.1 Å². The van der Waals surface area contributed by atoms with Gasteiger partial charge in [-0.1, -0.05) is 89.4 Å². The summed E-state index contributed by atoms with van der Waals surface area (Å²) in [5.41, 5.74) is 1.94. The molecule has 1 unspecified atom stereocenters. The lowest BCUT2D eigenvalue weighted by atomic mass is 9.89. The van der Waals surface area contributed by atoms with E-state index < -0.39 is 0 Å². The molecule has 2 aromatic carbocycles. The van der Waals surface area contributed by atoms with Gasteiger partial charge in [0.2, 0.25) is 0 Å². The summed E-state index contributed by atoms with van der Waals surface area (Å²) < 4.78 is 0. The first-order chi connectivity index (χ1) is 12.3. The molecule has 1 atom stereocenters. The first-order valence-electron chi connectivity index (χ1n) is 8.41. The minimum absolute atomic E-state index is 0.232. The quantitative estimate of drug-likeness (QED) is 0.265. The van der Waals surface area contributed by atoms with Gasteiger partial charge in [-0.05, 0) is 67.0 Å². The maximum atomic E-state index is 6.41. The van der Waals surface area contributed by atoms with Crippen LogP contribution in [0.4, 0.5) is 0 Å². The first kappa shape index (κ1) is 22.5. The molecule has 0 saturated heterocycles. The molecule has 0 aliphatic carbocycles. The third-order valence-electron chi connectivity index (χ3n) is 4.38. The van der Waals surface area contributed by atoms with Crippen molar-refractivity contribution < 1.29 is 0 Å². The number of rotatable bonds is 8. The SMILES string of the molecule is [CH2]CCC(CCCCc1cc(Cl)c(Cl)cc1Cl)c1c(Cl)ccc(Cl)c1Cl. The summed E-state index contributed by atoms with van der Waals surface area (Å²) in [5.74, 6) is 0.232. The van der Waals surface area contributed by atoms with E-state index in [-0.39, 0.29) is 5.92 Å². The van der Waals surface area contributed by atoms with Crippen LogP contribution >= 0.6 is 69.6 Å². The summed E-state index contributed by atoms with van der Waals surface area (Å²) in [5, 5.41) is 3.38. The minimum Gasteiger partial charge on any atom is -0.0840 e. The molecule has 6 heteroatoms. The van der Waals surface area contributed by atoms with E-state index in [1.807, 2.05) is 6.07 Å². The first-order valence-corrected chi connectivity index (χ1v) is 10.7. The molecule has 0 bridgehead atoms. The second-order valence-electron chi connectivity index (χ2n) is 6.20. The maximum absolute atomic E-state index is 6.41. The Morgan fingerprint density at radius 2 is 1.38 bits per heavy atom. The Balaban J connectivity index is 2.02. The van der Waals surface area contributed by atoms with Gasteiger partial charge in [0.15, 0.2) is 0 Å². The topological polar surface area (TPSA) is 0 Å². The van der Waals surface area contributed by atoms with Crippen LogP contribution in [0.1, 0.15) is 49.1 Å². The lowest BCUT2D eigenvalue weighted by Gasteiger charge is -2.20.